The lowest BCUT2D eigenvalue weighted by atomic mass is 10.1. The summed E-state index contributed by atoms with van der Waals surface area (Å²) in [7, 11) is 0. The highest BCUT2D eigenvalue weighted by Crippen LogP contribution is 2.30. The van der Waals surface area contributed by atoms with Crippen LogP contribution in [0.2, 0.25) is 0 Å². The van der Waals surface area contributed by atoms with Gasteiger partial charge in [-0.2, -0.15) is 0 Å². The van der Waals surface area contributed by atoms with E-state index >= 15 is 0 Å². The normalized spacial score (nSPS) is 11.0. The van der Waals surface area contributed by atoms with Crippen LogP contribution in [0.3, 0.4) is 0 Å². The smallest absolute Gasteiger partial charge is 0.295 e. The Bertz CT molecular complexity index is 1000. The summed E-state index contributed by atoms with van der Waals surface area (Å²) in [6.45, 7) is 2.38. The third-order valence-corrected chi connectivity index (χ3v) is 5.24. The van der Waals surface area contributed by atoms with Crippen molar-refractivity contribution in [3.63, 3.8) is 0 Å². The number of carbonyl (C=O) groups is 1. The number of thiazole rings is 1. The van der Waals surface area contributed by atoms with Gasteiger partial charge in [-0.1, -0.05) is 53.8 Å². The zero-order chi connectivity index (χ0) is 17.9. The number of fused-ring (bicyclic) bond motifs is 1. The van der Waals surface area contributed by atoms with Crippen molar-refractivity contribution in [1.82, 2.24) is 4.98 Å². The molecule has 4 aromatic rings. The topological polar surface area (TPSA) is 46.3 Å². The Morgan fingerprint density at radius 2 is 1.81 bits per heavy atom. The third kappa shape index (κ3) is 3.39. The van der Waals surface area contributed by atoms with Gasteiger partial charge in [-0.25, -0.2) is 4.98 Å². The number of para-hydroxylation sites is 1. The van der Waals surface area contributed by atoms with E-state index in [4.69, 9.17) is 4.42 Å². The molecule has 4 rings (SSSR count). The maximum absolute atomic E-state index is 13.1. The van der Waals surface area contributed by atoms with Crippen molar-refractivity contribution in [2.24, 2.45) is 0 Å². The van der Waals surface area contributed by atoms with E-state index in [-0.39, 0.29) is 5.91 Å². The average molecular weight is 362 g/mol. The second kappa shape index (κ2) is 7.14. The lowest BCUT2D eigenvalue weighted by Crippen LogP contribution is -2.32. The zero-order valence-corrected chi connectivity index (χ0v) is 15.2. The highest BCUT2D eigenvalue weighted by atomic mass is 32.1. The molecule has 0 fully saturated rings. The van der Waals surface area contributed by atoms with Crippen LogP contribution in [0.4, 0.5) is 5.13 Å². The van der Waals surface area contributed by atoms with E-state index in [1.54, 1.807) is 17.0 Å². The summed E-state index contributed by atoms with van der Waals surface area (Å²) in [5.41, 5.74) is 2.09. The molecule has 0 aliphatic heterocycles. The first kappa shape index (κ1) is 16.5. The molecule has 4 nitrogen and oxygen atoms in total. The van der Waals surface area contributed by atoms with Crippen LogP contribution in [0.5, 0.6) is 0 Å². The fourth-order valence-electron chi connectivity index (χ4n) is 2.83. The number of rotatable bonds is 5. The molecule has 0 unspecified atom stereocenters. The molecule has 26 heavy (non-hydrogen) atoms. The van der Waals surface area contributed by atoms with Crippen molar-refractivity contribution in [2.45, 2.75) is 13.3 Å². The van der Waals surface area contributed by atoms with Crippen molar-refractivity contribution in [1.29, 1.82) is 0 Å². The van der Waals surface area contributed by atoms with Gasteiger partial charge < -0.3 is 4.42 Å². The monoisotopic (exact) mass is 362 g/mol. The Morgan fingerprint density at radius 3 is 2.54 bits per heavy atom. The van der Waals surface area contributed by atoms with Crippen molar-refractivity contribution in [3.05, 3.63) is 83.8 Å². The molecule has 130 valence electrons. The lowest BCUT2D eigenvalue weighted by Gasteiger charge is -2.18. The number of nitrogens with zero attached hydrogens (tertiary/aromatic N) is 2. The first-order valence-corrected chi connectivity index (χ1v) is 9.30. The van der Waals surface area contributed by atoms with Crippen LogP contribution in [0.15, 0.2) is 71.1 Å². The molecule has 2 heterocycles. The largest absolute Gasteiger partial charge is 0.456 e. The Labute approximate surface area is 155 Å². The second-order valence-corrected chi connectivity index (χ2v) is 7.08. The summed E-state index contributed by atoms with van der Waals surface area (Å²) in [6, 6.07) is 21.6. The average Bonchev–Trinajstić information content (AvgIpc) is 3.28. The summed E-state index contributed by atoms with van der Waals surface area (Å²) >= 11 is 1.52. The molecule has 5 heteroatoms. The highest BCUT2D eigenvalue weighted by Gasteiger charge is 2.23. The number of hydrogen-bond acceptors (Lipinski definition) is 4. The fourth-order valence-corrected chi connectivity index (χ4v) is 3.82. The molecule has 2 aromatic carbocycles. The van der Waals surface area contributed by atoms with E-state index < -0.39 is 0 Å². The van der Waals surface area contributed by atoms with Crippen LogP contribution in [0.1, 0.15) is 21.9 Å². The van der Waals surface area contributed by atoms with E-state index in [0.717, 1.165) is 22.4 Å². The maximum Gasteiger partial charge on any atom is 0.295 e. The summed E-state index contributed by atoms with van der Waals surface area (Å²) < 4.78 is 6.62. The van der Waals surface area contributed by atoms with Crippen molar-refractivity contribution in [3.8, 4) is 0 Å². The van der Waals surface area contributed by atoms with Gasteiger partial charge in [0.1, 0.15) is 5.76 Å². The first-order chi connectivity index (χ1) is 12.7. The van der Waals surface area contributed by atoms with E-state index in [1.165, 1.54) is 16.9 Å². The molecule has 1 amide bonds. The van der Waals surface area contributed by atoms with Crippen molar-refractivity contribution >= 4 is 32.6 Å². The van der Waals surface area contributed by atoms with Gasteiger partial charge in [0, 0.05) is 6.54 Å². The number of aromatic nitrogens is 1. The molecule has 0 spiro atoms. The van der Waals surface area contributed by atoms with E-state index in [9.17, 15) is 4.79 Å². The Balaban J connectivity index is 1.67. The summed E-state index contributed by atoms with van der Waals surface area (Å²) in [5, 5.41) is 0.696. The first-order valence-electron chi connectivity index (χ1n) is 8.48. The third-order valence-electron chi connectivity index (χ3n) is 4.18. The van der Waals surface area contributed by atoms with E-state index in [0.29, 0.717) is 17.4 Å². The predicted molar refractivity (Wildman–Crippen MR) is 105 cm³/mol. The Kier molecular flexibility index (Phi) is 4.54. The number of hydrogen-bond donors (Lipinski definition) is 0. The molecular formula is C21H18N2O2S. The van der Waals surface area contributed by atoms with E-state index in [1.807, 2.05) is 49.4 Å². The maximum atomic E-state index is 13.1. The Hall–Kier alpha value is -2.92. The predicted octanol–water partition coefficient (Wildman–Crippen LogP) is 5.09. The highest BCUT2D eigenvalue weighted by molar-refractivity contribution is 7.22. The molecular weight excluding hydrogens is 344 g/mol. The SMILES string of the molecule is Cc1ccc(C(=O)N(CCc2ccccc2)c2nc3ccccc3s2)o1. The van der Waals surface area contributed by atoms with Gasteiger partial charge in [-0.05, 0) is 43.2 Å². The molecule has 0 aliphatic rings. The molecule has 0 atom stereocenters. The molecule has 0 aliphatic carbocycles. The standard InChI is InChI=1S/C21H18N2O2S/c1-15-11-12-18(25-15)20(24)23(14-13-16-7-3-2-4-8-16)21-22-17-9-5-6-10-19(17)26-21/h2-12H,13-14H2,1H3. The molecule has 0 bridgehead atoms. The van der Waals surface area contributed by atoms with Gasteiger partial charge >= 0.3 is 0 Å². The number of aryl methyl sites for hydroxylation is 1. The number of amides is 1. The summed E-state index contributed by atoms with van der Waals surface area (Å²) in [4.78, 5) is 19.4. The quantitative estimate of drug-likeness (QED) is 0.497. The van der Waals surface area contributed by atoms with Crippen LogP contribution in [0, 0.1) is 6.92 Å². The summed E-state index contributed by atoms with van der Waals surface area (Å²) in [6.07, 6.45) is 0.752. The van der Waals surface area contributed by atoms with Gasteiger partial charge in [0.15, 0.2) is 10.9 Å². The van der Waals surface area contributed by atoms with Crippen molar-refractivity contribution in [2.75, 3.05) is 11.4 Å². The van der Waals surface area contributed by atoms with Gasteiger partial charge in [-0.3, -0.25) is 9.69 Å². The van der Waals surface area contributed by atoms with Crippen LogP contribution in [-0.2, 0) is 6.42 Å². The Morgan fingerprint density at radius 1 is 1.04 bits per heavy atom. The lowest BCUT2D eigenvalue weighted by molar-refractivity contribution is 0.0959. The molecule has 0 saturated carbocycles. The van der Waals surface area contributed by atoms with Crippen LogP contribution < -0.4 is 4.90 Å². The number of anilines is 1. The minimum Gasteiger partial charge on any atom is -0.456 e. The molecule has 0 radical (unpaired) electrons. The zero-order valence-electron chi connectivity index (χ0n) is 14.4. The molecule has 0 saturated heterocycles. The molecule has 2 aromatic heterocycles. The number of furan rings is 1. The molecule has 0 N–H and O–H groups in total. The van der Waals surface area contributed by atoms with E-state index in [2.05, 4.69) is 17.1 Å². The minimum absolute atomic E-state index is 0.159. The number of carbonyl (C=O) groups excluding carboxylic acids is 1. The number of benzene rings is 2. The van der Waals surface area contributed by atoms with Crippen molar-refractivity contribution < 1.29 is 9.21 Å². The summed E-state index contributed by atoms with van der Waals surface area (Å²) in [5.74, 6) is 0.906. The second-order valence-electron chi connectivity index (χ2n) is 6.07. The van der Waals surface area contributed by atoms with Gasteiger partial charge in [-0.15, -0.1) is 0 Å². The fraction of sp³-hybridized carbons (Fsp3) is 0.143. The van der Waals surface area contributed by atoms with Gasteiger partial charge in [0.25, 0.3) is 5.91 Å². The minimum atomic E-state index is -0.159. The van der Waals surface area contributed by atoms with Crippen LogP contribution >= 0.6 is 11.3 Å². The van der Waals surface area contributed by atoms with Crippen LogP contribution in [-0.4, -0.2) is 17.4 Å². The van der Waals surface area contributed by atoms with Gasteiger partial charge in [0.2, 0.25) is 0 Å². The van der Waals surface area contributed by atoms with Gasteiger partial charge in [0.05, 0.1) is 10.2 Å². The van der Waals surface area contributed by atoms with Crippen LogP contribution in [0.25, 0.3) is 10.2 Å².